The van der Waals surface area contributed by atoms with Crippen molar-refractivity contribution in [2.24, 2.45) is 5.92 Å². The molecule has 0 saturated carbocycles. The van der Waals surface area contributed by atoms with Crippen LogP contribution in [-0.2, 0) is 9.53 Å². The molecule has 2 aliphatic heterocycles. The van der Waals surface area contributed by atoms with Crippen LogP contribution < -0.4 is 0 Å². The topological polar surface area (TPSA) is 29.5 Å². The average Bonchev–Trinajstić information content (AvgIpc) is 2.97. The van der Waals surface area contributed by atoms with Crippen molar-refractivity contribution in [1.82, 2.24) is 4.90 Å². The van der Waals surface area contributed by atoms with E-state index in [1.165, 1.54) is 5.56 Å². The molecule has 0 aliphatic carbocycles. The number of ether oxygens (including phenoxy) is 1. The molecular weight excluding hydrogens is 338 g/mol. The Labute approximate surface area is 132 Å². The Morgan fingerprint density at radius 3 is 2.65 bits per heavy atom. The van der Waals surface area contributed by atoms with Crippen molar-refractivity contribution in [2.75, 3.05) is 25.5 Å². The molecule has 1 atom stereocenters. The summed E-state index contributed by atoms with van der Waals surface area (Å²) in [4.78, 5) is 14.8. The molecule has 2 aliphatic rings. The molecule has 1 amide bonds. The van der Waals surface area contributed by atoms with Gasteiger partial charge in [-0.05, 0) is 30.5 Å². The van der Waals surface area contributed by atoms with E-state index in [2.05, 4.69) is 33.0 Å². The third-order valence-electron chi connectivity index (χ3n) is 3.90. The summed E-state index contributed by atoms with van der Waals surface area (Å²) in [5, 5.41) is 0.179. The first kappa shape index (κ1) is 14.4. The molecule has 3 nitrogen and oxygen atoms in total. The van der Waals surface area contributed by atoms with E-state index in [-0.39, 0.29) is 11.3 Å². The number of carbonyl (C=O) groups excluding carboxylic acids is 1. The molecule has 1 aromatic rings. The molecule has 2 saturated heterocycles. The van der Waals surface area contributed by atoms with Crippen LogP contribution in [0.25, 0.3) is 0 Å². The highest BCUT2D eigenvalue weighted by Crippen LogP contribution is 2.39. The molecule has 2 fully saturated rings. The highest BCUT2D eigenvalue weighted by atomic mass is 79.9. The Hall–Kier alpha value is -0.520. The van der Waals surface area contributed by atoms with Gasteiger partial charge in [-0.3, -0.25) is 4.79 Å². The maximum Gasteiger partial charge on any atom is 0.227 e. The van der Waals surface area contributed by atoms with Crippen molar-refractivity contribution < 1.29 is 9.53 Å². The van der Waals surface area contributed by atoms with Gasteiger partial charge in [-0.2, -0.15) is 0 Å². The highest BCUT2D eigenvalue weighted by Gasteiger charge is 2.34. The van der Waals surface area contributed by atoms with Crippen molar-refractivity contribution in [3.63, 3.8) is 0 Å². The lowest BCUT2D eigenvalue weighted by Gasteiger charge is -2.30. The molecular formula is C15H18BrNO2S. The quantitative estimate of drug-likeness (QED) is 0.813. The lowest BCUT2D eigenvalue weighted by molar-refractivity contribution is -0.138. The van der Waals surface area contributed by atoms with Gasteiger partial charge in [0.15, 0.2) is 0 Å². The summed E-state index contributed by atoms with van der Waals surface area (Å²) in [5.74, 6) is 1.49. The van der Waals surface area contributed by atoms with Gasteiger partial charge < -0.3 is 9.64 Å². The van der Waals surface area contributed by atoms with Crippen LogP contribution in [0, 0.1) is 5.92 Å². The van der Waals surface area contributed by atoms with Crippen molar-refractivity contribution >= 4 is 33.6 Å². The van der Waals surface area contributed by atoms with Gasteiger partial charge in [-0.15, -0.1) is 11.8 Å². The second-order valence-corrected chi connectivity index (χ2v) is 7.30. The first-order valence-corrected chi connectivity index (χ1v) is 8.85. The summed E-state index contributed by atoms with van der Waals surface area (Å²) in [6.45, 7) is 2.31. The zero-order chi connectivity index (χ0) is 13.9. The summed E-state index contributed by atoms with van der Waals surface area (Å²) in [6, 6.07) is 8.31. The first-order valence-electron chi connectivity index (χ1n) is 7.01. The molecule has 3 rings (SSSR count). The third kappa shape index (κ3) is 3.05. The fraction of sp³-hybridized carbons (Fsp3) is 0.533. The number of hydrogen-bond acceptors (Lipinski definition) is 3. The van der Waals surface area contributed by atoms with Crippen LogP contribution in [0.2, 0.25) is 0 Å². The second-order valence-electron chi connectivity index (χ2n) is 5.19. The van der Waals surface area contributed by atoms with E-state index in [1.54, 1.807) is 0 Å². The Balaban J connectivity index is 1.74. The van der Waals surface area contributed by atoms with Crippen LogP contribution in [0.15, 0.2) is 28.7 Å². The Kier molecular flexibility index (Phi) is 4.68. The molecule has 0 bridgehead atoms. The molecule has 0 radical (unpaired) electrons. The van der Waals surface area contributed by atoms with Gasteiger partial charge in [-0.25, -0.2) is 0 Å². The van der Waals surface area contributed by atoms with Gasteiger partial charge in [0.1, 0.15) is 5.37 Å². The van der Waals surface area contributed by atoms with E-state index < -0.39 is 0 Å². The molecule has 108 valence electrons. The average molecular weight is 356 g/mol. The molecule has 1 unspecified atom stereocenters. The number of halogens is 1. The van der Waals surface area contributed by atoms with Crippen molar-refractivity contribution in [3.05, 3.63) is 34.3 Å². The third-order valence-corrected chi connectivity index (χ3v) is 5.69. The summed E-state index contributed by atoms with van der Waals surface area (Å²) in [7, 11) is 0. The standard InChI is InChI=1S/C15H18BrNO2S/c16-13-3-1-12(2-4-13)15-17(7-10-20-15)14(18)11-5-8-19-9-6-11/h1-4,11,15H,5-10H2. The van der Waals surface area contributed by atoms with Crippen LogP contribution in [-0.4, -0.2) is 36.3 Å². The predicted molar refractivity (Wildman–Crippen MR) is 84.6 cm³/mol. The molecule has 1 aromatic carbocycles. The van der Waals surface area contributed by atoms with Gasteiger partial charge in [0.2, 0.25) is 5.91 Å². The van der Waals surface area contributed by atoms with E-state index >= 15 is 0 Å². The van der Waals surface area contributed by atoms with Gasteiger partial charge in [-0.1, -0.05) is 28.1 Å². The van der Waals surface area contributed by atoms with Crippen molar-refractivity contribution in [1.29, 1.82) is 0 Å². The van der Waals surface area contributed by atoms with E-state index in [9.17, 15) is 4.79 Å². The zero-order valence-electron chi connectivity index (χ0n) is 11.3. The lowest BCUT2D eigenvalue weighted by atomic mass is 9.98. The fourth-order valence-corrected chi connectivity index (χ4v) is 4.31. The van der Waals surface area contributed by atoms with Gasteiger partial charge in [0.05, 0.1) is 0 Å². The minimum Gasteiger partial charge on any atom is -0.381 e. The molecule has 5 heteroatoms. The largest absolute Gasteiger partial charge is 0.381 e. The predicted octanol–water partition coefficient (Wildman–Crippen LogP) is 3.45. The van der Waals surface area contributed by atoms with Crippen molar-refractivity contribution in [2.45, 2.75) is 18.2 Å². The van der Waals surface area contributed by atoms with Crippen molar-refractivity contribution in [3.8, 4) is 0 Å². The number of thioether (sulfide) groups is 1. The molecule has 0 N–H and O–H groups in total. The summed E-state index contributed by atoms with van der Waals surface area (Å²) in [5.41, 5.74) is 1.22. The normalized spacial score (nSPS) is 24.1. The second kappa shape index (κ2) is 6.50. The van der Waals surface area contributed by atoms with Crippen LogP contribution in [0.5, 0.6) is 0 Å². The summed E-state index contributed by atoms with van der Waals surface area (Å²) in [6.07, 6.45) is 1.74. The van der Waals surface area contributed by atoms with Gasteiger partial charge >= 0.3 is 0 Å². The first-order chi connectivity index (χ1) is 9.75. The van der Waals surface area contributed by atoms with E-state index in [4.69, 9.17) is 4.74 Å². The highest BCUT2D eigenvalue weighted by molar-refractivity contribution is 9.10. The fourth-order valence-electron chi connectivity index (χ4n) is 2.78. The minimum atomic E-state index is 0.153. The summed E-state index contributed by atoms with van der Waals surface area (Å²) < 4.78 is 6.43. The number of benzene rings is 1. The lowest BCUT2D eigenvalue weighted by Crippen LogP contribution is -2.38. The number of hydrogen-bond donors (Lipinski definition) is 0. The van der Waals surface area contributed by atoms with Crippen LogP contribution in [0.1, 0.15) is 23.8 Å². The Morgan fingerprint density at radius 2 is 1.95 bits per heavy atom. The molecule has 0 aromatic heterocycles. The maximum absolute atomic E-state index is 12.7. The van der Waals surface area contributed by atoms with E-state index in [0.717, 1.165) is 42.8 Å². The molecule has 0 spiro atoms. The van der Waals surface area contributed by atoms with Crippen LogP contribution in [0.3, 0.4) is 0 Å². The number of amides is 1. The van der Waals surface area contributed by atoms with Gasteiger partial charge in [0.25, 0.3) is 0 Å². The zero-order valence-corrected chi connectivity index (χ0v) is 13.7. The van der Waals surface area contributed by atoms with E-state index in [0.29, 0.717) is 5.91 Å². The SMILES string of the molecule is O=C(C1CCOCC1)N1CCSC1c1ccc(Br)cc1. The minimum absolute atomic E-state index is 0.153. The van der Waals surface area contributed by atoms with Crippen LogP contribution >= 0.6 is 27.7 Å². The van der Waals surface area contributed by atoms with Crippen LogP contribution in [0.4, 0.5) is 0 Å². The maximum atomic E-state index is 12.7. The number of carbonyl (C=O) groups is 1. The Morgan fingerprint density at radius 1 is 1.25 bits per heavy atom. The Bertz CT molecular complexity index is 473. The molecule has 2 heterocycles. The number of rotatable bonds is 2. The van der Waals surface area contributed by atoms with E-state index in [1.807, 2.05) is 23.9 Å². The monoisotopic (exact) mass is 355 g/mol. The summed E-state index contributed by atoms with van der Waals surface area (Å²) >= 11 is 5.32. The van der Waals surface area contributed by atoms with Gasteiger partial charge in [0, 0.05) is 35.9 Å². The smallest absolute Gasteiger partial charge is 0.227 e. The number of nitrogens with zero attached hydrogens (tertiary/aromatic N) is 1. The molecule has 20 heavy (non-hydrogen) atoms.